The van der Waals surface area contributed by atoms with E-state index >= 15 is 0 Å². The topological polar surface area (TPSA) is 47.4 Å². The van der Waals surface area contributed by atoms with Gasteiger partial charge in [0, 0.05) is 24.8 Å². The fourth-order valence-corrected chi connectivity index (χ4v) is 2.66. The number of aryl methyl sites for hydroxylation is 1. The number of amides is 1. The van der Waals surface area contributed by atoms with Gasteiger partial charge in [0.25, 0.3) is 5.91 Å². The second-order valence-electron chi connectivity index (χ2n) is 5.28. The summed E-state index contributed by atoms with van der Waals surface area (Å²) in [5, 5.41) is 4.47. The molecule has 3 rings (SSSR count). The van der Waals surface area contributed by atoms with Crippen LogP contribution in [0.1, 0.15) is 29.0 Å². The van der Waals surface area contributed by atoms with Crippen LogP contribution in [0.5, 0.6) is 5.75 Å². The molecule has 5 heteroatoms. The molecule has 21 heavy (non-hydrogen) atoms. The van der Waals surface area contributed by atoms with Gasteiger partial charge in [0.05, 0.1) is 12.8 Å². The first-order valence-corrected chi connectivity index (χ1v) is 7.19. The highest BCUT2D eigenvalue weighted by Gasteiger charge is 2.22. The van der Waals surface area contributed by atoms with Crippen LogP contribution in [0.25, 0.3) is 5.69 Å². The molecule has 2 heterocycles. The molecule has 0 bridgehead atoms. The summed E-state index contributed by atoms with van der Waals surface area (Å²) in [4.78, 5) is 14.3. The summed E-state index contributed by atoms with van der Waals surface area (Å²) in [6.07, 6.45) is 2.17. The van der Waals surface area contributed by atoms with Gasteiger partial charge in [-0.1, -0.05) is 6.07 Å². The van der Waals surface area contributed by atoms with Crippen LogP contribution >= 0.6 is 0 Å². The van der Waals surface area contributed by atoms with E-state index in [0.717, 1.165) is 43.1 Å². The Morgan fingerprint density at radius 2 is 2.00 bits per heavy atom. The Morgan fingerprint density at radius 3 is 2.71 bits per heavy atom. The maximum atomic E-state index is 12.4. The fraction of sp³-hybridized carbons (Fsp3) is 0.375. The van der Waals surface area contributed by atoms with Crippen LogP contribution in [0.2, 0.25) is 0 Å². The number of nitrogens with zero attached hydrogens (tertiary/aromatic N) is 3. The molecule has 1 saturated heterocycles. The fourth-order valence-electron chi connectivity index (χ4n) is 2.66. The van der Waals surface area contributed by atoms with Crippen molar-refractivity contribution in [3.8, 4) is 11.4 Å². The van der Waals surface area contributed by atoms with Gasteiger partial charge in [-0.2, -0.15) is 5.10 Å². The van der Waals surface area contributed by atoms with Gasteiger partial charge in [0.1, 0.15) is 5.75 Å². The zero-order chi connectivity index (χ0) is 14.8. The third-order valence-corrected chi connectivity index (χ3v) is 3.80. The lowest BCUT2D eigenvalue weighted by atomic mass is 10.3. The van der Waals surface area contributed by atoms with Crippen molar-refractivity contribution in [2.45, 2.75) is 19.8 Å². The molecular weight excluding hydrogens is 266 g/mol. The summed E-state index contributed by atoms with van der Waals surface area (Å²) in [6.45, 7) is 3.63. The number of ether oxygens (including phenoxy) is 1. The van der Waals surface area contributed by atoms with Gasteiger partial charge < -0.3 is 9.64 Å². The molecule has 1 aromatic carbocycles. The minimum Gasteiger partial charge on any atom is -0.497 e. The second kappa shape index (κ2) is 5.60. The molecule has 0 spiro atoms. The van der Waals surface area contributed by atoms with Crippen molar-refractivity contribution >= 4 is 5.91 Å². The molecule has 0 unspecified atom stereocenters. The van der Waals surface area contributed by atoms with Crippen molar-refractivity contribution in [1.82, 2.24) is 14.7 Å². The molecule has 1 amide bonds. The maximum absolute atomic E-state index is 12.4. The van der Waals surface area contributed by atoms with Crippen LogP contribution in [0.3, 0.4) is 0 Å². The van der Waals surface area contributed by atoms with E-state index in [0.29, 0.717) is 5.69 Å². The molecule has 0 radical (unpaired) electrons. The summed E-state index contributed by atoms with van der Waals surface area (Å²) in [6, 6.07) is 9.51. The minimum absolute atomic E-state index is 0.0252. The third kappa shape index (κ3) is 2.63. The smallest absolute Gasteiger partial charge is 0.274 e. The van der Waals surface area contributed by atoms with Crippen molar-refractivity contribution in [3.05, 3.63) is 41.7 Å². The summed E-state index contributed by atoms with van der Waals surface area (Å²) in [5.74, 6) is 0.798. The Kier molecular flexibility index (Phi) is 3.64. The maximum Gasteiger partial charge on any atom is 0.274 e. The van der Waals surface area contributed by atoms with Crippen LogP contribution in [-0.4, -0.2) is 40.8 Å². The number of hydrogen-bond acceptors (Lipinski definition) is 3. The molecule has 0 atom stereocenters. The largest absolute Gasteiger partial charge is 0.497 e. The van der Waals surface area contributed by atoms with E-state index in [2.05, 4.69) is 5.10 Å². The summed E-state index contributed by atoms with van der Waals surface area (Å²) < 4.78 is 7.02. The Bertz CT molecular complexity index is 657. The molecule has 0 N–H and O–H groups in total. The summed E-state index contributed by atoms with van der Waals surface area (Å²) in [7, 11) is 1.64. The van der Waals surface area contributed by atoms with Gasteiger partial charge in [-0.05, 0) is 38.0 Å². The number of benzene rings is 1. The Hall–Kier alpha value is -2.30. The Balaban J connectivity index is 1.91. The van der Waals surface area contributed by atoms with Gasteiger partial charge in [0.2, 0.25) is 0 Å². The van der Waals surface area contributed by atoms with E-state index in [9.17, 15) is 4.79 Å². The molecule has 1 aliphatic heterocycles. The van der Waals surface area contributed by atoms with Crippen LogP contribution in [0, 0.1) is 6.92 Å². The molecule has 5 nitrogen and oxygen atoms in total. The molecule has 1 fully saturated rings. The highest BCUT2D eigenvalue weighted by molar-refractivity contribution is 5.92. The van der Waals surface area contributed by atoms with E-state index in [1.807, 2.05) is 42.2 Å². The normalized spacial score (nSPS) is 14.5. The molecule has 0 saturated carbocycles. The van der Waals surface area contributed by atoms with Gasteiger partial charge in [-0.15, -0.1) is 0 Å². The van der Waals surface area contributed by atoms with Crippen molar-refractivity contribution in [2.24, 2.45) is 0 Å². The minimum atomic E-state index is 0.0252. The number of aromatic nitrogens is 2. The number of carbonyl (C=O) groups excluding carboxylic acids is 1. The highest BCUT2D eigenvalue weighted by atomic mass is 16.5. The SMILES string of the molecule is COc1cccc(-n2nc(C(=O)N3CCCC3)cc2C)c1. The van der Waals surface area contributed by atoms with Crippen LogP contribution in [0.15, 0.2) is 30.3 Å². The molecular formula is C16H19N3O2. The van der Waals surface area contributed by atoms with Gasteiger partial charge >= 0.3 is 0 Å². The van der Waals surface area contributed by atoms with Crippen LogP contribution < -0.4 is 4.74 Å². The van der Waals surface area contributed by atoms with Gasteiger partial charge in [-0.3, -0.25) is 4.79 Å². The zero-order valence-electron chi connectivity index (χ0n) is 12.4. The lowest BCUT2D eigenvalue weighted by Gasteiger charge is -2.12. The van der Waals surface area contributed by atoms with E-state index in [-0.39, 0.29) is 5.91 Å². The van der Waals surface area contributed by atoms with Crippen molar-refractivity contribution in [3.63, 3.8) is 0 Å². The number of methoxy groups -OCH3 is 1. The first-order valence-electron chi connectivity index (χ1n) is 7.19. The molecule has 2 aromatic rings. The van der Waals surface area contributed by atoms with E-state index in [1.165, 1.54) is 0 Å². The van der Waals surface area contributed by atoms with Crippen LogP contribution in [-0.2, 0) is 0 Å². The lowest BCUT2D eigenvalue weighted by Crippen LogP contribution is -2.28. The summed E-state index contributed by atoms with van der Waals surface area (Å²) >= 11 is 0. The molecule has 1 aromatic heterocycles. The third-order valence-electron chi connectivity index (χ3n) is 3.80. The summed E-state index contributed by atoms with van der Waals surface area (Å²) in [5.41, 5.74) is 2.34. The second-order valence-corrected chi connectivity index (χ2v) is 5.28. The average Bonchev–Trinajstić information content (AvgIpc) is 3.16. The van der Waals surface area contributed by atoms with Crippen molar-refractivity contribution < 1.29 is 9.53 Å². The van der Waals surface area contributed by atoms with E-state index in [4.69, 9.17) is 4.74 Å². The Morgan fingerprint density at radius 1 is 1.24 bits per heavy atom. The number of rotatable bonds is 3. The Labute approximate surface area is 124 Å². The number of hydrogen-bond donors (Lipinski definition) is 0. The van der Waals surface area contributed by atoms with Crippen LogP contribution in [0.4, 0.5) is 0 Å². The predicted octanol–water partition coefficient (Wildman–Crippen LogP) is 2.43. The highest BCUT2D eigenvalue weighted by Crippen LogP contribution is 2.19. The first kappa shape index (κ1) is 13.7. The number of likely N-dealkylation sites (tertiary alicyclic amines) is 1. The lowest BCUT2D eigenvalue weighted by molar-refractivity contribution is 0.0786. The zero-order valence-corrected chi connectivity index (χ0v) is 12.4. The first-order chi connectivity index (χ1) is 10.2. The quantitative estimate of drug-likeness (QED) is 0.870. The standard InChI is InChI=1S/C16H19N3O2/c1-12-10-15(16(20)18-8-3-4-9-18)17-19(12)13-6-5-7-14(11-13)21-2/h5-7,10-11H,3-4,8-9H2,1-2H3. The van der Waals surface area contributed by atoms with E-state index in [1.54, 1.807) is 11.8 Å². The predicted molar refractivity (Wildman–Crippen MR) is 80.0 cm³/mol. The molecule has 110 valence electrons. The van der Waals surface area contributed by atoms with Crippen molar-refractivity contribution in [2.75, 3.05) is 20.2 Å². The monoisotopic (exact) mass is 285 g/mol. The van der Waals surface area contributed by atoms with Gasteiger partial charge in [0.15, 0.2) is 5.69 Å². The average molecular weight is 285 g/mol. The number of carbonyl (C=O) groups is 1. The van der Waals surface area contributed by atoms with E-state index < -0.39 is 0 Å². The van der Waals surface area contributed by atoms with Crippen molar-refractivity contribution in [1.29, 1.82) is 0 Å². The molecule has 1 aliphatic rings. The molecule has 0 aliphatic carbocycles. The van der Waals surface area contributed by atoms with Gasteiger partial charge in [-0.25, -0.2) is 4.68 Å².